The summed E-state index contributed by atoms with van der Waals surface area (Å²) < 4.78 is 97.7. The van der Waals surface area contributed by atoms with Crippen LogP contribution >= 0.6 is 0 Å². The zero-order valence-corrected chi connectivity index (χ0v) is 25.1. The summed E-state index contributed by atoms with van der Waals surface area (Å²) in [5.74, 6) is -6.33. The molecule has 1 aliphatic rings. The number of amides is 2. The van der Waals surface area contributed by atoms with Crippen LogP contribution in [-0.2, 0) is 30.1 Å². The Kier molecular flexibility index (Phi) is 8.95. The van der Waals surface area contributed by atoms with Crippen molar-refractivity contribution < 1.29 is 45.4 Å². The summed E-state index contributed by atoms with van der Waals surface area (Å²) in [7, 11) is 0. The number of nitrogens with one attached hydrogen (secondary N) is 2. The van der Waals surface area contributed by atoms with Gasteiger partial charge in [-0.05, 0) is 36.1 Å². The van der Waals surface area contributed by atoms with Crippen molar-refractivity contribution in [3.8, 4) is 0 Å². The number of ether oxygens (including phenoxy) is 2. The molecule has 0 unspecified atom stereocenters. The van der Waals surface area contributed by atoms with Crippen molar-refractivity contribution in [1.29, 1.82) is 0 Å². The van der Waals surface area contributed by atoms with E-state index >= 15 is 0 Å². The van der Waals surface area contributed by atoms with Crippen LogP contribution in [0.1, 0.15) is 36.1 Å². The highest BCUT2D eigenvalue weighted by molar-refractivity contribution is 5.84. The van der Waals surface area contributed by atoms with Crippen LogP contribution in [0, 0.1) is 0 Å². The number of carbonyl (C=O) groups excluding carboxylic acids is 2. The minimum absolute atomic E-state index is 0.109. The van der Waals surface area contributed by atoms with Gasteiger partial charge < -0.3 is 20.1 Å². The lowest BCUT2D eigenvalue weighted by Crippen LogP contribution is -2.67. The smallest absolute Gasteiger partial charge is 0.341 e. The Morgan fingerprint density at radius 1 is 0.511 bits per heavy atom. The van der Waals surface area contributed by atoms with Crippen LogP contribution in [0.2, 0.25) is 0 Å². The molecule has 0 bridgehead atoms. The topological polar surface area (TPSA) is 76.7 Å². The lowest BCUT2D eigenvalue weighted by atomic mass is 9.68. The van der Waals surface area contributed by atoms with Gasteiger partial charge in [0.05, 0.1) is 0 Å². The second kappa shape index (κ2) is 12.5. The van der Waals surface area contributed by atoms with E-state index in [0.29, 0.717) is 0 Å². The molecule has 4 aromatic carbocycles. The molecule has 4 aromatic rings. The number of hydrogen-bond acceptors (Lipinski definition) is 4. The predicted octanol–water partition coefficient (Wildman–Crippen LogP) is 6.75. The molecule has 1 heterocycles. The van der Waals surface area contributed by atoms with E-state index < -0.39 is 53.2 Å². The van der Waals surface area contributed by atoms with Crippen LogP contribution in [0.4, 0.5) is 26.3 Å². The summed E-state index contributed by atoms with van der Waals surface area (Å²) in [5, 5.41) is 4.33. The molecule has 0 aliphatic carbocycles. The predicted molar refractivity (Wildman–Crippen MR) is 160 cm³/mol. The maximum Gasteiger partial charge on any atom is 0.471 e. The zero-order chi connectivity index (χ0) is 34.1. The molecule has 0 spiro atoms. The highest BCUT2D eigenvalue weighted by atomic mass is 19.4. The maximum absolute atomic E-state index is 14.1. The number of rotatable bonds is 8. The van der Waals surface area contributed by atoms with E-state index in [1.807, 2.05) is 0 Å². The van der Waals surface area contributed by atoms with Gasteiger partial charge in [-0.3, -0.25) is 9.59 Å². The zero-order valence-electron chi connectivity index (χ0n) is 25.1. The third kappa shape index (κ3) is 6.48. The van der Waals surface area contributed by atoms with Gasteiger partial charge in [0.1, 0.15) is 23.3 Å². The quantitative estimate of drug-likeness (QED) is 0.206. The van der Waals surface area contributed by atoms with E-state index in [1.54, 1.807) is 24.3 Å². The third-order valence-corrected chi connectivity index (χ3v) is 8.00. The lowest BCUT2D eigenvalue weighted by Gasteiger charge is -2.48. The number of carbonyl (C=O) groups is 2. The first-order valence-electron chi connectivity index (χ1n) is 14.5. The molecule has 2 amide bonds. The molecular weight excluding hydrogens is 626 g/mol. The molecule has 6 nitrogen and oxygen atoms in total. The van der Waals surface area contributed by atoms with Gasteiger partial charge in [-0.25, -0.2) is 0 Å². The van der Waals surface area contributed by atoms with Crippen molar-refractivity contribution in [1.82, 2.24) is 10.6 Å². The standard InChI is InChI=1S/C35H30F6N2O4/c1-31(2)46-27(32(23-15-7-3-8-16-23,24-17-9-4-10-18-24)42-29(44)34(36,37)38)28(47-31)33(25-19-11-5-12-20-25,26-21-13-6-14-22-26)43-30(45)35(39,40)41/h3-22,27-28H,1-2H3,(H,42,44)(H,43,45)/t27-,28-/m0/s1. The molecule has 2 atom stereocenters. The van der Waals surface area contributed by atoms with Crippen molar-refractivity contribution >= 4 is 11.8 Å². The van der Waals surface area contributed by atoms with Crippen LogP contribution in [0.25, 0.3) is 0 Å². The van der Waals surface area contributed by atoms with Gasteiger partial charge in [0.2, 0.25) is 0 Å². The average Bonchev–Trinajstić information content (AvgIpc) is 3.38. The van der Waals surface area contributed by atoms with Crippen LogP contribution in [0.5, 0.6) is 0 Å². The minimum Gasteiger partial charge on any atom is -0.341 e. The summed E-state index contributed by atoms with van der Waals surface area (Å²) >= 11 is 0. The molecule has 0 aromatic heterocycles. The van der Waals surface area contributed by atoms with E-state index in [1.165, 1.54) is 111 Å². The number of benzene rings is 4. The maximum atomic E-state index is 14.1. The number of alkyl halides is 6. The Morgan fingerprint density at radius 3 is 0.957 bits per heavy atom. The first kappa shape index (κ1) is 33.7. The second-order valence-corrected chi connectivity index (χ2v) is 11.5. The van der Waals surface area contributed by atoms with Crippen molar-refractivity contribution in [2.24, 2.45) is 0 Å². The second-order valence-electron chi connectivity index (χ2n) is 11.5. The van der Waals surface area contributed by atoms with Gasteiger partial charge in [0.25, 0.3) is 0 Å². The van der Waals surface area contributed by atoms with Gasteiger partial charge in [0, 0.05) is 0 Å². The fraction of sp³-hybridized carbons (Fsp3) is 0.257. The molecule has 0 saturated carbocycles. The van der Waals surface area contributed by atoms with Crippen molar-refractivity contribution in [3.63, 3.8) is 0 Å². The minimum atomic E-state index is -5.38. The Labute approximate surface area is 266 Å². The van der Waals surface area contributed by atoms with Crippen LogP contribution in [-0.4, -0.2) is 42.2 Å². The van der Waals surface area contributed by atoms with Crippen molar-refractivity contribution in [3.05, 3.63) is 144 Å². The van der Waals surface area contributed by atoms with Crippen LogP contribution in [0.15, 0.2) is 121 Å². The summed E-state index contributed by atoms with van der Waals surface area (Å²) in [6.45, 7) is 2.89. The number of hydrogen-bond donors (Lipinski definition) is 2. The van der Waals surface area contributed by atoms with Gasteiger partial charge in [-0.15, -0.1) is 0 Å². The van der Waals surface area contributed by atoms with E-state index in [9.17, 15) is 35.9 Å². The highest BCUT2D eigenvalue weighted by Gasteiger charge is 2.64. The fourth-order valence-electron chi connectivity index (χ4n) is 6.12. The molecule has 0 radical (unpaired) electrons. The van der Waals surface area contributed by atoms with Crippen molar-refractivity contribution in [2.75, 3.05) is 0 Å². The molecule has 5 rings (SSSR count). The van der Waals surface area contributed by atoms with Crippen LogP contribution in [0.3, 0.4) is 0 Å². The van der Waals surface area contributed by atoms with E-state index in [-0.39, 0.29) is 22.3 Å². The Bertz CT molecular complexity index is 1480. The lowest BCUT2D eigenvalue weighted by molar-refractivity contribution is -0.179. The summed E-state index contributed by atoms with van der Waals surface area (Å²) in [5.41, 5.74) is -4.06. The molecule has 12 heteroatoms. The van der Waals surface area contributed by atoms with E-state index in [4.69, 9.17) is 9.47 Å². The largest absolute Gasteiger partial charge is 0.471 e. The first-order valence-corrected chi connectivity index (χ1v) is 14.5. The van der Waals surface area contributed by atoms with Gasteiger partial charge >= 0.3 is 24.2 Å². The normalized spacial score (nSPS) is 18.4. The van der Waals surface area contributed by atoms with Gasteiger partial charge in [-0.1, -0.05) is 121 Å². The average molecular weight is 657 g/mol. The van der Waals surface area contributed by atoms with Gasteiger partial charge in [0.15, 0.2) is 5.79 Å². The van der Waals surface area contributed by atoms with Gasteiger partial charge in [-0.2, -0.15) is 26.3 Å². The summed E-state index contributed by atoms with van der Waals surface area (Å²) in [6, 6.07) is 30.5. The van der Waals surface area contributed by atoms with Crippen molar-refractivity contribution in [2.45, 2.75) is 55.3 Å². The van der Waals surface area contributed by atoms with E-state index in [2.05, 4.69) is 10.6 Å². The highest BCUT2D eigenvalue weighted by Crippen LogP contribution is 2.51. The SMILES string of the molecule is CC1(C)O[C@H](C(NC(=O)C(F)(F)F)(c2ccccc2)c2ccccc2)[C@@H](C(NC(=O)C(F)(F)F)(c2ccccc2)c2ccccc2)O1. The van der Waals surface area contributed by atoms with E-state index in [0.717, 1.165) is 0 Å². The molecule has 1 fully saturated rings. The molecular formula is C35H30F6N2O4. The molecule has 1 aliphatic heterocycles. The first-order chi connectivity index (χ1) is 22.1. The monoisotopic (exact) mass is 656 g/mol. The fourth-order valence-corrected chi connectivity index (χ4v) is 6.12. The van der Waals surface area contributed by atoms with Crippen LogP contribution < -0.4 is 10.6 Å². The summed E-state index contributed by atoms with van der Waals surface area (Å²) in [4.78, 5) is 26.0. The molecule has 47 heavy (non-hydrogen) atoms. The Hall–Kier alpha value is -4.68. The third-order valence-electron chi connectivity index (χ3n) is 8.00. The molecule has 1 saturated heterocycles. The molecule has 246 valence electrons. The molecule has 2 N–H and O–H groups in total. The summed E-state index contributed by atoms with van der Waals surface area (Å²) in [6.07, 6.45) is -14.2. The number of halogens is 6. The Balaban J connectivity index is 1.91. The Morgan fingerprint density at radius 2 is 0.745 bits per heavy atom.